The lowest BCUT2D eigenvalue weighted by Crippen LogP contribution is -2.49. The van der Waals surface area contributed by atoms with Crippen LogP contribution < -0.4 is 5.32 Å². The standard InChI is InChI=1S/C15H24N4O2/c1-11-9-12(17-21-11)10-18(2)15(20)16-13-6-8-19-7-4-3-5-14(13)19/h9,13-14H,3-8,10H2,1-2H3,(H,16,20)/t13-,14-/m0/s1. The highest BCUT2D eigenvalue weighted by atomic mass is 16.5. The number of rotatable bonds is 3. The molecule has 1 N–H and O–H groups in total. The second-order valence-corrected chi connectivity index (χ2v) is 6.23. The van der Waals surface area contributed by atoms with E-state index in [0.717, 1.165) is 24.4 Å². The first-order valence-electron chi connectivity index (χ1n) is 7.81. The van der Waals surface area contributed by atoms with Gasteiger partial charge in [0.1, 0.15) is 11.5 Å². The summed E-state index contributed by atoms with van der Waals surface area (Å²) in [5, 5.41) is 7.12. The molecular formula is C15H24N4O2. The van der Waals surface area contributed by atoms with Crippen LogP contribution in [0, 0.1) is 6.92 Å². The van der Waals surface area contributed by atoms with E-state index >= 15 is 0 Å². The minimum atomic E-state index is -0.0203. The molecule has 1 aromatic rings. The molecule has 0 aromatic carbocycles. The first-order chi connectivity index (χ1) is 10.1. The largest absolute Gasteiger partial charge is 0.361 e. The summed E-state index contributed by atoms with van der Waals surface area (Å²) < 4.78 is 5.03. The van der Waals surface area contributed by atoms with Gasteiger partial charge >= 0.3 is 6.03 Å². The highest BCUT2D eigenvalue weighted by Crippen LogP contribution is 2.27. The van der Waals surface area contributed by atoms with Gasteiger partial charge in [0, 0.05) is 31.7 Å². The Kier molecular flexibility index (Phi) is 4.14. The third kappa shape index (κ3) is 3.20. The molecule has 3 rings (SSSR count). The van der Waals surface area contributed by atoms with Gasteiger partial charge in [0.05, 0.1) is 6.54 Å². The molecule has 2 saturated heterocycles. The topological polar surface area (TPSA) is 61.6 Å². The zero-order valence-electron chi connectivity index (χ0n) is 12.8. The predicted molar refractivity (Wildman–Crippen MR) is 78.9 cm³/mol. The zero-order chi connectivity index (χ0) is 14.8. The molecular weight excluding hydrogens is 268 g/mol. The van der Waals surface area contributed by atoms with E-state index < -0.39 is 0 Å². The summed E-state index contributed by atoms with van der Waals surface area (Å²) in [6.45, 7) is 4.63. The maximum atomic E-state index is 12.3. The van der Waals surface area contributed by atoms with Gasteiger partial charge in [-0.3, -0.25) is 4.90 Å². The predicted octanol–water partition coefficient (Wildman–Crippen LogP) is 1.75. The molecule has 3 heterocycles. The van der Waals surface area contributed by atoms with Crippen LogP contribution in [0.25, 0.3) is 0 Å². The van der Waals surface area contributed by atoms with Crippen molar-refractivity contribution < 1.29 is 9.32 Å². The molecule has 0 bridgehead atoms. The van der Waals surface area contributed by atoms with Crippen molar-refractivity contribution in [2.24, 2.45) is 0 Å². The molecule has 0 unspecified atom stereocenters. The zero-order valence-corrected chi connectivity index (χ0v) is 12.8. The average Bonchev–Trinajstić information content (AvgIpc) is 3.06. The lowest BCUT2D eigenvalue weighted by atomic mass is 9.99. The number of urea groups is 1. The normalized spacial score (nSPS) is 25.6. The number of aryl methyl sites for hydroxylation is 1. The number of fused-ring (bicyclic) bond motifs is 1. The molecule has 0 spiro atoms. The van der Waals surface area contributed by atoms with E-state index in [-0.39, 0.29) is 6.03 Å². The Labute approximate surface area is 125 Å². The van der Waals surface area contributed by atoms with E-state index in [9.17, 15) is 4.79 Å². The monoisotopic (exact) mass is 292 g/mol. The Morgan fingerprint density at radius 3 is 3.10 bits per heavy atom. The first kappa shape index (κ1) is 14.4. The molecule has 1 aromatic heterocycles. The van der Waals surface area contributed by atoms with Gasteiger partial charge < -0.3 is 14.7 Å². The van der Waals surface area contributed by atoms with Crippen molar-refractivity contribution in [2.75, 3.05) is 20.1 Å². The number of piperidine rings is 1. The molecule has 2 amide bonds. The first-order valence-corrected chi connectivity index (χ1v) is 7.81. The van der Waals surface area contributed by atoms with Gasteiger partial charge in [-0.05, 0) is 32.7 Å². The van der Waals surface area contributed by atoms with Crippen molar-refractivity contribution in [2.45, 2.75) is 51.2 Å². The lowest BCUT2D eigenvalue weighted by Gasteiger charge is -2.33. The number of hydrogen-bond donors (Lipinski definition) is 1. The molecule has 2 fully saturated rings. The second-order valence-electron chi connectivity index (χ2n) is 6.23. The Hall–Kier alpha value is -1.56. The van der Waals surface area contributed by atoms with Crippen LogP contribution in [0.3, 0.4) is 0 Å². The Morgan fingerprint density at radius 2 is 2.33 bits per heavy atom. The minimum absolute atomic E-state index is 0.0203. The number of nitrogens with one attached hydrogen (secondary N) is 1. The smallest absolute Gasteiger partial charge is 0.317 e. The van der Waals surface area contributed by atoms with Crippen molar-refractivity contribution in [3.8, 4) is 0 Å². The number of amides is 2. The number of carbonyl (C=O) groups is 1. The molecule has 0 radical (unpaired) electrons. The van der Waals surface area contributed by atoms with Crippen molar-refractivity contribution >= 4 is 6.03 Å². The number of aromatic nitrogens is 1. The van der Waals surface area contributed by atoms with Crippen LogP contribution in [-0.4, -0.2) is 53.2 Å². The number of nitrogens with zero attached hydrogens (tertiary/aromatic N) is 3. The van der Waals surface area contributed by atoms with Gasteiger partial charge in [0.25, 0.3) is 0 Å². The Bertz CT molecular complexity index is 502. The van der Waals surface area contributed by atoms with Crippen molar-refractivity contribution in [1.29, 1.82) is 0 Å². The molecule has 6 heteroatoms. The van der Waals surface area contributed by atoms with Crippen molar-refractivity contribution in [3.05, 3.63) is 17.5 Å². The second kappa shape index (κ2) is 6.05. The quantitative estimate of drug-likeness (QED) is 0.922. The molecule has 21 heavy (non-hydrogen) atoms. The number of hydrogen-bond acceptors (Lipinski definition) is 4. The molecule has 116 valence electrons. The van der Waals surface area contributed by atoms with E-state index in [1.54, 1.807) is 11.9 Å². The van der Waals surface area contributed by atoms with Crippen LogP contribution >= 0.6 is 0 Å². The summed E-state index contributed by atoms with van der Waals surface area (Å²) in [4.78, 5) is 16.5. The van der Waals surface area contributed by atoms with Gasteiger partial charge in [-0.25, -0.2) is 4.79 Å². The van der Waals surface area contributed by atoms with Crippen LogP contribution in [0.1, 0.15) is 37.1 Å². The van der Waals surface area contributed by atoms with Gasteiger partial charge in [-0.1, -0.05) is 11.6 Å². The van der Waals surface area contributed by atoms with Crippen LogP contribution in [-0.2, 0) is 6.54 Å². The molecule has 2 aliphatic rings. The Balaban J connectivity index is 1.53. The van der Waals surface area contributed by atoms with Crippen molar-refractivity contribution in [3.63, 3.8) is 0 Å². The van der Waals surface area contributed by atoms with E-state index in [1.807, 2.05) is 13.0 Å². The highest BCUT2D eigenvalue weighted by Gasteiger charge is 2.36. The Morgan fingerprint density at radius 1 is 1.48 bits per heavy atom. The lowest BCUT2D eigenvalue weighted by molar-refractivity contribution is 0.170. The van der Waals surface area contributed by atoms with E-state index in [4.69, 9.17) is 4.52 Å². The molecule has 2 aliphatic heterocycles. The minimum Gasteiger partial charge on any atom is -0.361 e. The summed E-state index contributed by atoms with van der Waals surface area (Å²) >= 11 is 0. The van der Waals surface area contributed by atoms with Crippen LogP contribution in [0.15, 0.2) is 10.6 Å². The van der Waals surface area contributed by atoms with E-state index in [0.29, 0.717) is 18.6 Å². The molecule has 2 atom stereocenters. The third-order valence-electron chi connectivity index (χ3n) is 4.59. The summed E-state index contributed by atoms with van der Waals surface area (Å²) in [5.74, 6) is 0.771. The maximum Gasteiger partial charge on any atom is 0.317 e. The van der Waals surface area contributed by atoms with Gasteiger partial charge in [0.15, 0.2) is 0 Å². The summed E-state index contributed by atoms with van der Waals surface area (Å²) in [5.41, 5.74) is 0.788. The van der Waals surface area contributed by atoms with E-state index in [2.05, 4.69) is 15.4 Å². The summed E-state index contributed by atoms with van der Waals surface area (Å²) in [7, 11) is 1.80. The SMILES string of the molecule is Cc1cc(CN(C)C(=O)N[C@H]2CCN3CCCC[C@@H]23)no1. The number of carbonyl (C=O) groups excluding carboxylic acids is 1. The van der Waals surface area contributed by atoms with E-state index in [1.165, 1.54) is 25.8 Å². The fourth-order valence-corrected chi connectivity index (χ4v) is 3.49. The highest BCUT2D eigenvalue weighted by molar-refractivity contribution is 5.74. The third-order valence-corrected chi connectivity index (χ3v) is 4.59. The molecule has 0 aliphatic carbocycles. The maximum absolute atomic E-state index is 12.3. The molecule has 0 saturated carbocycles. The van der Waals surface area contributed by atoms with Crippen LogP contribution in [0.4, 0.5) is 4.79 Å². The molecule has 6 nitrogen and oxygen atoms in total. The van der Waals surface area contributed by atoms with Gasteiger partial charge in [-0.2, -0.15) is 0 Å². The van der Waals surface area contributed by atoms with Gasteiger partial charge in [-0.15, -0.1) is 0 Å². The average molecular weight is 292 g/mol. The van der Waals surface area contributed by atoms with Gasteiger partial charge in [0.2, 0.25) is 0 Å². The van der Waals surface area contributed by atoms with Crippen LogP contribution in [0.2, 0.25) is 0 Å². The van der Waals surface area contributed by atoms with Crippen molar-refractivity contribution in [1.82, 2.24) is 20.3 Å². The fraction of sp³-hybridized carbons (Fsp3) is 0.733. The summed E-state index contributed by atoms with van der Waals surface area (Å²) in [6, 6.07) is 2.67. The van der Waals surface area contributed by atoms with Crippen LogP contribution in [0.5, 0.6) is 0 Å². The summed E-state index contributed by atoms with van der Waals surface area (Å²) in [6.07, 6.45) is 4.84. The fourth-order valence-electron chi connectivity index (χ4n) is 3.49.